The molecule has 2 fully saturated rings. The van der Waals surface area contributed by atoms with E-state index in [9.17, 15) is 14.4 Å². The van der Waals surface area contributed by atoms with Crippen LogP contribution in [0.4, 0.5) is 4.79 Å². The fourth-order valence-electron chi connectivity index (χ4n) is 3.09. The van der Waals surface area contributed by atoms with Gasteiger partial charge >= 0.3 is 6.03 Å². The molecule has 3 rings (SSSR count). The van der Waals surface area contributed by atoms with Gasteiger partial charge in [0.15, 0.2) is 11.5 Å². The Morgan fingerprint density at radius 1 is 1.21 bits per heavy atom. The summed E-state index contributed by atoms with van der Waals surface area (Å²) in [6.45, 7) is 0.861. The molecule has 2 saturated heterocycles. The third kappa shape index (κ3) is 2.75. The molecule has 0 unspecified atom stereocenters. The number of rotatable bonds is 4. The SMILES string of the molecule is COc1ccc(C(=O)N2CC[C@@H](N3C(=O)CNC3=O)C2)cc1OC. The Morgan fingerprint density at radius 2 is 1.96 bits per heavy atom. The lowest BCUT2D eigenvalue weighted by Gasteiger charge is -2.21. The Labute approximate surface area is 139 Å². The summed E-state index contributed by atoms with van der Waals surface area (Å²) in [5.41, 5.74) is 0.477. The first-order chi connectivity index (χ1) is 11.5. The molecule has 8 heteroatoms. The van der Waals surface area contributed by atoms with Gasteiger partial charge in [0, 0.05) is 18.7 Å². The highest BCUT2D eigenvalue weighted by atomic mass is 16.5. The van der Waals surface area contributed by atoms with Gasteiger partial charge in [-0.15, -0.1) is 0 Å². The summed E-state index contributed by atoms with van der Waals surface area (Å²) in [4.78, 5) is 39.0. The number of hydrogen-bond donors (Lipinski definition) is 1. The maximum atomic E-state index is 12.7. The number of nitrogens with zero attached hydrogens (tertiary/aromatic N) is 2. The average molecular weight is 333 g/mol. The van der Waals surface area contributed by atoms with Crippen LogP contribution in [0, 0.1) is 0 Å². The molecule has 1 atom stereocenters. The van der Waals surface area contributed by atoms with Gasteiger partial charge in [-0.2, -0.15) is 0 Å². The third-order valence-electron chi connectivity index (χ3n) is 4.32. The van der Waals surface area contributed by atoms with Crippen LogP contribution in [-0.2, 0) is 4.79 Å². The van der Waals surface area contributed by atoms with Crippen molar-refractivity contribution in [2.75, 3.05) is 33.9 Å². The second-order valence-corrected chi connectivity index (χ2v) is 5.69. The van der Waals surface area contributed by atoms with Gasteiger partial charge in [-0.05, 0) is 24.6 Å². The molecule has 0 aliphatic carbocycles. The highest BCUT2D eigenvalue weighted by Gasteiger charge is 2.39. The normalized spacial score (nSPS) is 20.3. The molecule has 24 heavy (non-hydrogen) atoms. The zero-order valence-corrected chi connectivity index (χ0v) is 13.6. The molecule has 4 amide bonds. The van der Waals surface area contributed by atoms with Crippen LogP contribution in [0.2, 0.25) is 0 Å². The van der Waals surface area contributed by atoms with Gasteiger partial charge in [-0.1, -0.05) is 0 Å². The molecular weight excluding hydrogens is 314 g/mol. The van der Waals surface area contributed by atoms with E-state index in [0.717, 1.165) is 0 Å². The maximum absolute atomic E-state index is 12.7. The van der Waals surface area contributed by atoms with Crippen molar-refractivity contribution in [3.8, 4) is 11.5 Å². The number of imide groups is 1. The minimum atomic E-state index is -0.384. The van der Waals surface area contributed by atoms with E-state index in [4.69, 9.17) is 9.47 Å². The van der Waals surface area contributed by atoms with Crippen molar-refractivity contribution in [1.29, 1.82) is 0 Å². The molecule has 2 aliphatic rings. The van der Waals surface area contributed by atoms with Gasteiger partial charge in [0.1, 0.15) is 0 Å². The highest BCUT2D eigenvalue weighted by Crippen LogP contribution is 2.29. The smallest absolute Gasteiger partial charge is 0.324 e. The van der Waals surface area contributed by atoms with Gasteiger partial charge in [-0.25, -0.2) is 4.79 Å². The number of carbonyl (C=O) groups excluding carboxylic acids is 3. The number of amides is 4. The number of hydrogen-bond acceptors (Lipinski definition) is 5. The lowest BCUT2D eigenvalue weighted by molar-refractivity contribution is -0.126. The minimum Gasteiger partial charge on any atom is -0.493 e. The topological polar surface area (TPSA) is 88.2 Å². The number of nitrogens with one attached hydrogen (secondary N) is 1. The van der Waals surface area contributed by atoms with Crippen molar-refractivity contribution >= 4 is 17.8 Å². The number of ether oxygens (including phenoxy) is 2. The van der Waals surface area contributed by atoms with Gasteiger partial charge < -0.3 is 19.7 Å². The van der Waals surface area contributed by atoms with Crippen LogP contribution >= 0.6 is 0 Å². The van der Waals surface area contributed by atoms with Gasteiger partial charge in [0.25, 0.3) is 5.91 Å². The van der Waals surface area contributed by atoms with Crippen LogP contribution < -0.4 is 14.8 Å². The molecule has 8 nitrogen and oxygen atoms in total. The van der Waals surface area contributed by atoms with Gasteiger partial charge in [-0.3, -0.25) is 14.5 Å². The van der Waals surface area contributed by atoms with Crippen LogP contribution in [0.5, 0.6) is 11.5 Å². The summed E-state index contributed by atoms with van der Waals surface area (Å²) in [5.74, 6) is 0.622. The fourth-order valence-corrected chi connectivity index (χ4v) is 3.09. The number of urea groups is 1. The van der Waals surface area contributed by atoms with Crippen molar-refractivity contribution in [3.05, 3.63) is 23.8 Å². The number of benzene rings is 1. The molecular formula is C16H19N3O5. The summed E-state index contributed by atoms with van der Waals surface area (Å²) < 4.78 is 10.4. The molecule has 1 aromatic rings. The first-order valence-corrected chi connectivity index (χ1v) is 7.66. The van der Waals surface area contributed by atoms with E-state index in [1.54, 1.807) is 23.1 Å². The number of likely N-dealkylation sites (tertiary alicyclic amines) is 1. The third-order valence-corrected chi connectivity index (χ3v) is 4.32. The Hall–Kier alpha value is -2.77. The van der Waals surface area contributed by atoms with Crippen LogP contribution in [-0.4, -0.2) is 67.5 Å². The Bertz CT molecular complexity index is 674. The predicted molar refractivity (Wildman–Crippen MR) is 84.1 cm³/mol. The largest absolute Gasteiger partial charge is 0.493 e. The molecule has 1 N–H and O–H groups in total. The maximum Gasteiger partial charge on any atom is 0.324 e. The second kappa shape index (κ2) is 6.38. The van der Waals surface area contributed by atoms with Crippen LogP contribution in [0.25, 0.3) is 0 Å². The first kappa shape index (κ1) is 16.1. The molecule has 2 aliphatic heterocycles. The van der Waals surface area contributed by atoms with Crippen molar-refractivity contribution in [2.24, 2.45) is 0 Å². The summed E-state index contributed by atoms with van der Waals surface area (Å²) in [6.07, 6.45) is 0.582. The summed E-state index contributed by atoms with van der Waals surface area (Å²) in [7, 11) is 3.04. The molecule has 128 valence electrons. The van der Waals surface area contributed by atoms with E-state index in [2.05, 4.69) is 5.32 Å². The average Bonchev–Trinajstić information content (AvgIpc) is 3.20. The molecule has 0 spiro atoms. The molecule has 0 saturated carbocycles. The second-order valence-electron chi connectivity index (χ2n) is 5.69. The molecule has 0 aromatic heterocycles. The summed E-state index contributed by atoms with van der Waals surface area (Å²) in [5, 5.41) is 2.50. The van der Waals surface area contributed by atoms with E-state index in [0.29, 0.717) is 36.6 Å². The van der Waals surface area contributed by atoms with Gasteiger partial charge in [0.05, 0.1) is 26.8 Å². The van der Waals surface area contributed by atoms with Gasteiger partial charge in [0.2, 0.25) is 5.91 Å². The summed E-state index contributed by atoms with van der Waals surface area (Å²) >= 11 is 0. The molecule has 1 aromatic carbocycles. The molecule has 2 heterocycles. The van der Waals surface area contributed by atoms with Crippen molar-refractivity contribution in [3.63, 3.8) is 0 Å². The lowest BCUT2D eigenvalue weighted by Crippen LogP contribution is -2.42. The van der Waals surface area contributed by atoms with E-state index < -0.39 is 0 Å². The zero-order valence-electron chi connectivity index (χ0n) is 13.6. The number of methoxy groups -OCH3 is 2. The number of carbonyl (C=O) groups is 3. The van der Waals surface area contributed by atoms with Crippen LogP contribution in [0.3, 0.4) is 0 Å². The lowest BCUT2D eigenvalue weighted by atomic mass is 10.1. The van der Waals surface area contributed by atoms with Crippen LogP contribution in [0.1, 0.15) is 16.8 Å². The Morgan fingerprint density at radius 3 is 2.58 bits per heavy atom. The van der Waals surface area contributed by atoms with E-state index in [1.165, 1.54) is 19.1 Å². The fraction of sp³-hybridized carbons (Fsp3) is 0.438. The highest BCUT2D eigenvalue weighted by molar-refractivity contribution is 6.02. The standard InChI is InChI=1S/C16H19N3O5/c1-23-12-4-3-10(7-13(12)24-2)15(21)18-6-5-11(9-18)19-14(20)8-17-16(19)22/h3-4,7,11H,5-6,8-9H2,1-2H3,(H,17,22)/t11-/m1/s1. The molecule has 0 radical (unpaired) electrons. The van der Waals surface area contributed by atoms with Crippen molar-refractivity contribution < 1.29 is 23.9 Å². The predicted octanol–water partition coefficient (Wildman–Crippen LogP) is 0.470. The summed E-state index contributed by atoms with van der Waals surface area (Å²) in [6, 6.07) is 4.32. The van der Waals surface area contributed by atoms with Crippen molar-refractivity contribution in [2.45, 2.75) is 12.5 Å². The Kier molecular flexibility index (Phi) is 4.28. The van der Waals surface area contributed by atoms with Crippen molar-refractivity contribution in [1.82, 2.24) is 15.1 Å². The minimum absolute atomic E-state index is 0.0267. The monoisotopic (exact) mass is 333 g/mol. The van der Waals surface area contributed by atoms with Crippen LogP contribution in [0.15, 0.2) is 18.2 Å². The zero-order chi connectivity index (χ0) is 17.3. The Balaban J connectivity index is 1.73. The quantitative estimate of drug-likeness (QED) is 0.809. The van der Waals surface area contributed by atoms with E-state index >= 15 is 0 Å². The molecule has 0 bridgehead atoms. The first-order valence-electron chi connectivity index (χ1n) is 7.66. The van der Waals surface area contributed by atoms with E-state index in [-0.39, 0.29) is 30.4 Å². The van der Waals surface area contributed by atoms with E-state index in [1.807, 2.05) is 0 Å².